The van der Waals surface area contributed by atoms with Gasteiger partial charge in [0.15, 0.2) is 0 Å². The summed E-state index contributed by atoms with van der Waals surface area (Å²) in [6, 6.07) is 19.9. The molecule has 0 atom stereocenters. The molecule has 1 heterocycles. The van der Waals surface area contributed by atoms with Crippen LogP contribution in [-0.4, -0.2) is 10.2 Å². The lowest BCUT2D eigenvalue weighted by molar-refractivity contribution is 0.303. The number of halogens is 1. The molecule has 4 nitrogen and oxygen atoms in total. The maximum atomic E-state index is 5.97. The molecule has 0 bridgehead atoms. The lowest BCUT2D eigenvalue weighted by Crippen LogP contribution is -2.05. The Balaban J connectivity index is 1.70. The highest BCUT2D eigenvalue weighted by molar-refractivity contribution is 9.10. The number of benzene rings is 2. The molecular weight excluding hydrogens is 354 g/mol. The van der Waals surface area contributed by atoms with Crippen molar-refractivity contribution in [3.8, 4) is 5.75 Å². The Kier molecular flexibility index (Phi) is 5.21. The lowest BCUT2D eigenvalue weighted by Gasteiger charge is -2.13. The third-order valence-electron chi connectivity index (χ3n) is 3.29. The van der Waals surface area contributed by atoms with Gasteiger partial charge < -0.3 is 10.1 Å². The number of nitrogens with zero attached hydrogens (tertiary/aromatic N) is 2. The van der Waals surface area contributed by atoms with Gasteiger partial charge in [0.1, 0.15) is 18.2 Å². The standard InChI is InChI=1S/C18H16BrN3O/c19-16-8-9-17(23-13-14-5-2-1-3-6-14)15(11-16)12-20-18-7-4-10-21-22-18/h1-11H,12-13H2,(H,20,22). The molecule has 0 radical (unpaired) electrons. The van der Waals surface area contributed by atoms with Crippen LogP contribution >= 0.6 is 15.9 Å². The molecule has 0 aliphatic rings. The molecule has 3 aromatic rings. The highest BCUT2D eigenvalue weighted by Crippen LogP contribution is 2.25. The second-order valence-corrected chi connectivity index (χ2v) is 5.90. The maximum Gasteiger partial charge on any atom is 0.148 e. The Bertz CT molecular complexity index is 751. The van der Waals surface area contributed by atoms with E-state index in [1.165, 1.54) is 0 Å². The predicted molar refractivity (Wildman–Crippen MR) is 94.3 cm³/mol. The molecule has 116 valence electrons. The minimum absolute atomic E-state index is 0.542. The number of rotatable bonds is 6. The quantitative estimate of drug-likeness (QED) is 0.697. The Labute approximate surface area is 143 Å². The largest absolute Gasteiger partial charge is 0.489 e. The molecular formula is C18H16BrN3O. The molecule has 0 unspecified atom stereocenters. The normalized spacial score (nSPS) is 10.3. The second kappa shape index (κ2) is 7.74. The van der Waals surface area contributed by atoms with Crippen molar-refractivity contribution >= 4 is 21.7 Å². The van der Waals surface area contributed by atoms with Gasteiger partial charge in [-0.1, -0.05) is 46.3 Å². The molecule has 0 fully saturated rings. The summed E-state index contributed by atoms with van der Waals surface area (Å²) in [5.74, 6) is 1.59. The third-order valence-corrected chi connectivity index (χ3v) is 3.79. The minimum Gasteiger partial charge on any atom is -0.489 e. The van der Waals surface area contributed by atoms with Gasteiger partial charge in [0.25, 0.3) is 0 Å². The van der Waals surface area contributed by atoms with E-state index in [1.807, 2.05) is 48.5 Å². The van der Waals surface area contributed by atoms with Gasteiger partial charge in [-0.15, -0.1) is 5.10 Å². The predicted octanol–water partition coefficient (Wildman–Crippen LogP) is 4.43. The highest BCUT2D eigenvalue weighted by Gasteiger charge is 2.06. The van der Waals surface area contributed by atoms with Crippen molar-refractivity contribution in [3.05, 3.63) is 82.5 Å². The Hall–Kier alpha value is -2.40. The van der Waals surface area contributed by atoms with Crippen LogP contribution in [0, 0.1) is 0 Å². The zero-order valence-electron chi connectivity index (χ0n) is 12.4. The number of hydrogen-bond acceptors (Lipinski definition) is 4. The van der Waals surface area contributed by atoms with Crippen LogP contribution in [0.25, 0.3) is 0 Å². The van der Waals surface area contributed by atoms with Crippen molar-refractivity contribution in [1.82, 2.24) is 10.2 Å². The zero-order valence-corrected chi connectivity index (χ0v) is 14.0. The fraction of sp³-hybridized carbons (Fsp3) is 0.111. The Morgan fingerprint density at radius 3 is 2.65 bits per heavy atom. The summed E-state index contributed by atoms with van der Waals surface area (Å²) >= 11 is 3.51. The van der Waals surface area contributed by atoms with Gasteiger partial charge in [-0.05, 0) is 35.9 Å². The smallest absolute Gasteiger partial charge is 0.148 e. The van der Waals surface area contributed by atoms with Crippen molar-refractivity contribution in [2.75, 3.05) is 5.32 Å². The van der Waals surface area contributed by atoms with Gasteiger partial charge in [-0.3, -0.25) is 0 Å². The fourth-order valence-corrected chi connectivity index (χ4v) is 2.55. The van der Waals surface area contributed by atoms with Crippen LogP contribution in [0.1, 0.15) is 11.1 Å². The number of hydrogen-bond donors (Lipinski definition) is 1. The monoisotopic (exact) mass is 369 g/mol. The maximum absolute atomic E-state index is 5.97. The van der Waals surface area contributed by atoms with Crippen molar-refractivity contribution < 1.29 is 4.74 Å². The van der Waals surface area contributed by atoms with Crippen molar-refractivity contribution in [2.45, 2.75) is 13.2 Å². The molecule has 0 amide bonds. The van der Waals surface area contributed by atoms with E-state index in [1.54, 1.807) is 6.20 Å². The van der Waals surface area contributed by atoms with Gasteiger partial charge in [-0.2, -0.15) is 5.10 Å². The molecule has 0 aliphatic carbocycles. The molecule has 0 saturated carbocycles. The van der Waals surface area contributed by atoms with Crippen LogP contribution < -0.4 is 10.1 Å². The van der Waals surface area contributed by atoms with E-state index in [0.717, 1.165) is 27.2 Å². The summed E-state index contributed by atoms with van der Waals surface area (Å²) < 4.78 is 6.98. The number of ether oxygens (including phenoxy) is 1. The van der Waals surface area contributed by atoms with Gasteiger partial charge >= 0.3 is 0 Å². The van der Waals surface area contributed by atoms with Crippen LogP contribution in [0.15, 0.2) is 71.3 Å². The van der Waals surface area contributed by atoms with Crippen LogP contribution in [-0.2, 0) is 13.2 Å². The molecule has 1 N–H and O–H groups in total. The summed E-state index contributed by atoms with van der Waals surface area (Å²) in [5.41, 5.74) is 2.20. The first-order valence-corrected chi connectivity index (χ1v) is 8.07. The van der Waals surface area contributed by atoms with Crippen molar-refractivity contribution in [2.24, 2.45) is 0 Å². The van der Waals surface area contributed by atoms with Crippen LogP contribution in [0.2, 0.25) is 0 Å². The number of anilines is 1. The summed E-state index contributed by atoms with van der Waals surface area (Å²) in [5, 5.41) is 11.1. The van der Waals surface area contributed by atoms with Gasteiger partial charge in [0, 0.05) is 22.8 Å². The van der Waals surface area contributed by atoms with Crippen LogP contribution in [0.4, 0.5) is 5.82 Å². The average Bonchev–Trinajstić information content (AvgIpc) is 2.61. The molecule has 1 aromatic heterocycles. The van der Waals surface area contributed by atoms with E-state index in [-0.39, 0.29) is 0 Å². The summed E-state index contributed by atoms with van der Waals surface area (Å²) in [6.07, 6.45) is 1.65. The summed E-state index contributed by atoms with van der Waals surface area (Å²) in [6.45, 7) is 1.16. The van der Waals surface area contributed by atoms with E-state index < -0.39 is 0 Å². The van der Waals surface area contributed by atoms with E-state index in [0.29, 0.717) is 13.2 Å². The zero-order chi connectivity index (χ0) is 15.9. The molecule has 0 aliphatic heterocycles. The first-order valence-electron chi connectivity index (χ1n) is 7.28. The van der Waals surface area contributed by atoms with Gasteiger partial charge in [-0.25, -0.2) is 0 Å². The average molecular weight is 370 g/mol. The first kappa shape index (κ1) is 15.5. The minimum atomic E-state index is 0.542. The van der Waals surface area contributed by atoms with Gasteiger partial charge in [0.2, 0.25) is 0 Å². The second-order valence-electron chi connectivity index (χ2n) is 4.99. The molecule has 23 heavy (non-hydrogen) atoms. The topological polar surface area (TPSA) is 47.0 Å². The van der Waals surface area contributed by atoms with E-state index in [2.05, 4.69) is 43.6 Å². The molecule has 5 heteroatoms. The lowest BCUT2D eigenvalue weighted by atomic mass is 10.2. The van der Waals surface area contributed by atoms with Crippen molar-refractivity contribution in [1.29, 1.82) is 0 Å². The molecule has 3 rings (SSSR count). The fourth-order valence-electron chi connectivity index (χ4n) is 2.14. The molecule has 2 aromatic carbocycles. The SMILES string of the molecule is Brc1ccc(OCc2ccccc2)c(CNc2cccnn2)c1. The molecule has 0 saturated heterocycles. The van der Waals surface area contributed by atoms with Crippen LogP contribution in [0.5, 0.6) is 5.75 Å². The first-order chi connectivity index (χ1) is 11.3. The van der Waals surface area contributed by atoms with E-state index in [9.17, 15) is 0 Å². The number of nitrogens with one attached hydrogen (secondary N) is 1. The van der Waals surface area contributed by atoms with E-state index >= 15 is 0 Å². The molecule has 0 spiro atoms. The van der Waals surface area contributed by atoms with Crippen molar-refractivity contribution in [3.63, 3.8) is 0 Å². The Morgan fingerprint density at radius 1 is 1.00 bits per heavy atom. The summed E-state index contributed by atoms with van der Waals surface area (Å²) in [4.78, 5) is 0. The van der Waals surface area contributed by atoms with E-state index in [4.69, 9.17) is 4.74 Å². The summed E-state index contributed by atoms with van der Waals surface area (Å²) in [7, 11) is 0. The third kappa shape index (κ3) is 4.53. The van der Waals surface area contributed by atoms with Gasteiger partial charge in [0.05, 0.1) is 0 Å². The Morgan fingerprint density at radius 2 is 1.87 bits per heavy atom. The number of aromatic nitrogens is 2. The van der Waals surface area contributed by atoms with Crippen LogP contribution in [0.3, 0.4) is 0 Å². The highest BCUT2D eigenvalue weighted by atomic mass is 79.9.